The highest BCUT2D eigenvalue weighted by atomic mass is 19.2. The summed E-state index contributed by atoms with van der Waals surface area (Å²) in [5.41, 5.74) is 3.07. The number of halogens is 4. The number of fused-ring (bicyclic) bond motifs is 4. The van der Waals surface area contributed by atoms with Gasteiger partial charge in [-0.2, -0.15) is 0 Å². The van der Waals surface area contributed by atoms with Gasteiger partial charge in [0, 0.05) is 86.3 Å². The molecular weight excluding hydrogens is 789 g/mol. The number of aromatic nitrogens is 2. The number of aryl methyl sites for hydroxylation is 2. The van der Waals surface area contributed by atoms with E-state index in [1.807, 2.05) is 41.3 Å². The van der Waals surface area contributed by atoms with Gasteiger partial charge in [-0.1, -0.05) is 60.7 Å². The molecule has 2 aromatic heterocycles. The SMILES string of the molecule is Cc1c(CC(=O)N2CC3C[C@@H]2CN3Cc2ccccc2)c(=O)[nH]c2ccc(F)c(F)c12.Cc1c(CC(=O)N2CCN(Cc3ccccc3)CC2)c(=O)[nH]c2ccc(F)c(F)c12. The Morgan fingerprint density at radius 3 is 1.59 bits per heavy atom. The first-order valence-electron chi connectivity index (χ1n) is 20.5. The average Bonchev–Trinajstić information content (AvgIpc) is 3.86. The number of benzene rings is 4. The highest BCUT2D eigenvalue weighted by molar-refractivity contribution is 5.87. The Labute approximate surface area is 349 Å². The van der Waals surface area contributed by atoms with E-state index in [1.165, 1.54) is 23.3 Å². The normalized spacial score (nSPS) is 17.9. The van der Waals surface area contributed by atoms with Crippen molar-refractivity contribution < 1.29 is 27.2 Å². The monoisotopic (exact) mass is 834 g/mol. The Morgan fingerprint density at radius 2 is 1.10 bits per heavy atom. The van der Waals surface area contributed by atoms with Crippen LogP contribution in [0.1, 0.15) is 39.8 Å². The van der Waals surface area contributed by atoms with E-state index in [9.17, 15) is 36.7 Å². The van der Waals surface area contributed by atoms with E-state index in [-0.39, 0.29) is 63.6 Å². The number of hydrogen-bond donors (Lipinski definition) is 2. The summed E-state index contributed by atoms with van der Waals surface area (Å²) in [4.78, 5) is 64.3. The second kappa shape index (κ2) is 17.5. The highest BCUT2D eigenvalue weighted by Gasteiger charge is 2.45. The maximum atomic E-state index is 14.4. The topological polar surface area (TPSA) is 113 Å². The quantitative estimate of drug-likeness (QED) is 0.178. The zero-order chi connectivity index (χ0) is 42.9. The van der Waals surface area contributed by atoms with Crippen LogP contribution >= 0.6 is 0 Å². The highest BCUT2D eigenvalue weighted by Crippen LogP contribution is 2.33. The zero-order valence-electron chi connectivity index (χ0n) is 33.9. The summed E-state index contributed by atoms with van der Waals surface area (Å²) in [7, 11) is 0. The van der Waals surface area contributed by atoms with Crippen molar-refractivity contribution in [2.45, 2.75) is 58.3 Å². The van der Waals surface area contributed by atoms with E-state index in [4.69, 9.17) is 0 Å². The van der Waals surface area contributed by atoms with Gasteiger partial charge in [-0.05, 0) is 66.8 Å². The van der Waals surface area contributed by atoms with Crippen LogP contribution in [0.2, 0.25) is 0 Å². The maximum absolute atomic E-state index is 14.4. The number of carbonyl (C=O) groups excluding carboxylic acids is 2. The minimum atomic E-state index is -1.01. The second-order valence-electron chi connectivity index (χ2n) is 16.2. The van der Waals surface area contributed by atoms with Gasteiger partial charge < -0.3 is 19.8 Å². The van der Waals surface area contributed by atoms with Crippen molar-refractivity contribution in [1.29, 1.82) is 0 Å². The van der Waals surface area contributed by atoms with Crippen LogP contribution in [-0.2, 0) is 35.5 Å². The maximum Gasteiger partial charge on any atom is 0.252 e. The van der Waals surface area contributed by atoms with Crippen LogP contribution in [0.15, 0.2) is 94.5 Å². The van der Waals surface area contributed by atoms with E-state index in [1.54, 1.807) is 18.7 Å². The number of H-pyrrole nitrogens is 2. The molecule has 5 heterocycles. The molecule has 10 nitrogen and oxygen atoms in total. The standard InChI is InChI=1S/C24H23F2N3O2.C23H23F2N3O2/c1-14-18(24(31)27-20-8-7-19(25)23(26)22(14)20)10-21(30)29-13-16-9-17(29)12-28(16)11-15-5-3-2-4-6-15;1-15-17(23(30)26-19-8-7-18(24)22(25)21(15)19)13-20(29)28-11-9-27(10-12-28)14-16-5-3-2-4-6-16/h2-8,16-17H,9-13H2,1H3,(H,27,31);2-8H,9-14H2,1H3,(H,26,30)/t16?,17-;/m1./s1. The number of hydrogen-bond acceptors (Lipinski definition) is 6. The predicted molar refractivity (Wildman–Crippen MR) is 225 cm³/mol. The minimum Gasteiger partial charge on any atom is -0.340 e. The number of nitrogens with one attached hydrogen (secondary N) is 2. The summed E-state index contributed by atoms with van der Waals surface area (Å²) in [5, 5.41) is 0.0458. The van der Waals surface area contributed by atoms with E-state index in [2.05, 4.69) is 44.0 Å². The number of likely N-dealkylation sites (tertiary alicyclic amines) is 2. The lowest BCUT2D eigenvalue weighted by Crippen LogP contribution is -2.49. The third-order valence-electron chi connectivity index (χ3n) is 12.4. The van der Waals surface area contributed by atoms with Crippen LogP contribution in [0.5, 0.6) is 0 Å². The van der Waals surface area contributed by atoms with Crippen molar-refractivity contribution in [3.05, 3.63) is 162 Å². The first-order chi connectivity index (χ1) is 29.4. The molecule has 2 bridgehead atoms. The molecule has 0 radical (unpaired) electrons. The van der Waals surface area contributed by atoms with E-state index >= 15 is 0 Å². The fourth-order valence-electron chi connectivity index (χ4n) is 9.09. The lowest BCUT2D eigenvalue weighted by molar-refractivity contribution is -0.133. The summed E-state index contributed by atoms with van der Waals surface area (Å²) in [6.45, 7) is 8.87. The van der Waals surface area contributed by atoms with Crippen molar-refractivity contribution >= 4 is 33.6 Å². The predicted octanol–water partition coefficient (Wildman–Crippen LogP) is 6.14. The molecule has 316 valence electrons. The smallest absolute Gasteiger partial charge is 0.252 e. The first kappa shape index (κ1) is 41.6. The Morgan fingerprint density at radius 1 is 0.607 bits per heavy atom. The third kappa shape index (κ3) is 8.60. The molecule has 3 aliphatic rings. The van der Waals surface area contributed by atoms with Crippen molar-refractivity contribution in [3.63, 3.8) is 0 Å². The molecule has 3 aliphatic heterocycles. The molecule has 61 heavy (non-hydrogen) atoms. The molecule has 1 unspecified atom stereocenters. The molecule has 3 saturated heterocycles. The molecule has 2 amide bonds. The van der Waals surface area contributed by atoms with Gasteiger partial charge in [0.25, 0.3) is 11.1 Å². The van der Waals surface area contributed by atoms with Crippen LogP contribution in [0.4, 0.5) is 17.6 Å². The number of pyridine rings is 2. The number of nitrogens with zero attached hydrogens (tertiary/aromatic N) is 4. The molecule has 2 atom stereocenters. The van der Waals surface area contributed by atoms with Gasteiger partial charge in [0.2, 0.25) is 11.8 Å². The summed E-state index contributed by atoms with van der Waals surface area (Å²) in [5.74, 6) is -4.29. The third-order valence-corrected chi connectivity index (χ3v) is 12.4. The fraction of sp³-hybridized carbons (Fsp3) is 0.319. The molecule has 6 aromatic rings. The number of piperazine rings is 2. The molecule has 14 heteroatoms. The van der Waals surface area contributed by atoms with E-state index in [0.29, 0.717) is 36.8 Å². The molecule has 0 saturated carbocycles. The van der Waals surface area contributed by atoms with Crippen LogP contribution in [-0.4, -0.2) is 92.7 Å². The van der Waals surface area contributed by atoms with Gasteiger partial charge in [0.1, 0.15) is 0 Å². The van der Waals surface area contributed by atoms with Gasteiger partial charge >= 0.3 is 0 Å². The van der Waals surface area contributed by atoms with E-state index in [0.717, 1.165) is 51.3 Å². The largest absolute Gasteiger partial charge is 0.340 e. The zero-order valence-corrected chi connectivity index (χ0v) is 33.9. The molecule has 9 rings (SSSR count). The van der Waals surface area contributed by atoms with Gasteiger partial charge in [-0.3, -0.25) is 29.0 Å². The lowest BCUT2D eigenvalue weighted by Gasteiger charge is -2.35. The Balaban J connectivity index is 0.000000169. The number of rotatable bonds is 8. The van der Waals surface area contributed by atoms with E-state index < -0.39 is 34.4 Å². The van der Waals surface area contributed by atoms with Crippen LogP contribution in [0, 0.1) is 37.1 Å². The average molecular weight is 835 g/mol. The first-order valence-corrected chi connectivity index (χ1v) is 20.5. The second-order valence-corrected chi connectivity index (χ2v) is 16.2. The molecular formula is C47H46F4N6O4. The van der Waals surface area contributed by atoms with Crippen molar-refractivity contribution in [2.24, 2.45) is 0 Å². The molecule has 3 fully saturated rings. The molecule has 4 aromatic carbocycles. The molecule has 0 aliphatic carbocycles. The van der Waals surface area contributed by atoms with Crippen molar-refractivity contribution in [3.8, 4) is 0 Å². The Kier molecular flexibility index (Phi) is 11.9. The summed E-state index contributed by atoms with van der Waals surface area (Å²) in [6.07, 6.45) is 0.673. The number of aromatic amines is 2. The lowest BCUT2D eigenvalue weighted by atomic mass is 10.0. The van der Waals surface area contributed by atoms with Gasteiger partial charge in [-0.25, -0.2) is 17.6 Å². The summed E-state index contributed by atoms with van der Waals surface area (Å²) < 4.78 is 56.0. The minimum absolute atomic E-state index is 0.0186. The Bertz CT molecular complexity index is 2740. The van der Waals surface area contributed by atoms with Crippen LogP contribution in [0.25, 0.3) is 21.8 Å². The molecule has 0 spiro atoms. The van der Waals surface area contributed by atoms with Gasteiger partial charge in [0.15, 0.2) is 23.3 Å². The van der Waals surface area contributed by atoms with Gasteiger partial charge in [-0.15, -0.1) is 0 Å². The summed E-state index contributed by atoms with van der Waals surface area (Å²) in [6, 6.07) is 25.5. The van der Waals surface area contributed by atoms with Gasteiger partial charge in [0.05, 0.1) is 23.9 Å². The molecule has 2 N–H and O–H groups in total. The van der Waals surface area contributed by atoms with Crippen LogP contribution in [0.3, 0.4) is 0 Å². The van der Waals surface area contributed by atoms with Crippen molar-refractivity contribution in [1.82, 2.24) is 29.6 Å². The number of carbonyl (C=O) groups is 2. The van der Waals surface area contributed by atoms with Crippen LogP contribution < -0.4 is 11.1 Å². The summed E-state index contributed by atoms with van der Waals surface area (Å²) >= 11 is 0. The number of amides is 2. The van der Waals surface area contributed by atoms with Crippen molar-refractivity contribution in [2.75, 3.05) is 39.3 Å². The fourth-order valence-corrected chi connectivity index (χ4v) is 9.09. The Hall–Kier alpha value is -6.12.